The molecule has 3 nitrogen and oxygen atoms in total. The Morgan fingerprint density at radius 1 is 1.06 bits per heavy atom. The van der Waals surface area contributed by atoms with Crippen LogP contribution in [0.15, 0.2) is 12.1 Å². The van der Waals surface area contributed by atoms with Crippen molar-refractivity contribution in [3.05, 3.63) is 27.2 Å². The predicted molar refractivity (Wildman–Crippen MR) is 78.9 cm³/mol. The van der Waals surface area contributed by atoms with Gasteiger partial charge in [0, 0.05) is 12.3 Å². The molecule has 102 valence electrons. The van der Waals surface area contributed by atoms with Crippen LogP contribution in [0.1, 0.15) is 13.3 Å². The second kappa shape index (κ2) is 6.85. The molecule has 1 rings (SSSR count). The molecule has 0 bridgehead atoms. The molecule has 0 aliphatic rings. The van der Waals surface area contributed by atoms with Gasteiger partial charge in [-0.2, -0.15) is 0 Å². The van der Waals surface area contributed by atoms with Gasteiger partial charge in [0.2, 0.25) is 0 Å². The molecule has 0 saturated carbocycles. The normalized spacial score (nSPS) is 11.6. The molecule has 0 radical (unpaired) electrons. The van der Waals surface area contributed by atoms with Gasteiger partial charge in [-0.15, -0.1) is 0 Å². The maximum absolute atomic E-state index is 11.5. The van der Waals surface area contributed by atoms with E-state index in [1.807, 2.05) is 6.92 Å². The molecule has 0 fully saturated rings. The van der Waals surface area contributed by atoms with Gasteiger partial charge < -0.3 is 5.32 Å². The smallest absolute Gasteiger partial charge is 0.152 e. The highest BCUT2D eigenvalue weighted by atomic mass is 35.5. The third-order valence-electron chi connectivity index (χ3n) is 2.25. The second-order valence-electron chi connectivity index (χ2n) is 3.82. The number of rotatable bonds is 6. The fourth-order valence-corrected chi connectivity index (χ4v) is 3.27. The third kappa shape index (κ3) is 4.84. The highest BCUT2D eigenvalue weighted by molar-refractivity contribution is 7.91. The van der Waals surface area contributed by atoms with E-state index in [4.69, 9.17) is 34.8 Å². The van der Waals surface area contributed by atoms with Crippen molar-refractivity contribution in [2.45, 2.75) is 13.3 Å². The van der Waals surface area contributed by atoms with E-state index in [9.17, 15) is 8.42 Å². The van der Waals surface area contributed by atoms with Gasteiger partial charge in [0.1, 0.15) is 0 Å². The van der Waals surface area contributed by atoms with Crippen LogP contribution in [0.4, 0.5) is 5.69 Å². The van der Waals surface area contributed by atoms with Gasteiger partial charge >= 0.3 is 0 Å². The summed E-state index contributed by atoms with van der Waals surface area (Å²) in [5, 5.41) is 4.10. The first-order valence-electron chi connectivity index (χ1n) is 5.44. The summed E-state index contributed by atoms with van der Waals surface area (Å²) in [7, 11) is -3.00. The van der Waals surface area contributed by atoms with E-state index in [1.54, 1.807) is 6.07 Å². The van der Waals surface area contributed by atoms with Gasteiger partial charge in [-0.05, 0) is 18.6 Å². The van der Waals surface area contributed by atoms with E-state index in [0.29, 0.717) is 33.7 Å². The van der Waals surface area contributed by atoms with Crippen molar-refractivity contribution in [1.82, 2.24) is 0 Å². The first kappa shape index (κ1) is 15.9. The fourth-order valence-electron chi connectivity index (χ4n) is 1.41. The highest BCUT2D eigenvalue weighted by Crippen LogP contribution is 2.32. The van der Waals surface area contributed by atoms with Gasteiger partial charge in [0.25, 0.3) is 0 Å². The summed E-state index contributed by atoms with van der Waals surface area (Å²) >= 11 is 17.6. The standard InChI is InChI=1S/C11H14Cl3NO2S/c1-2-4-18(16,17)5-3-15-11-7-9(13)8(12)6-10(11)14/h6-7,15H,2-5H2,1H3. The average Bonchev–Trinajstić information content (AvgIpc) is 2.25. The minimum atomic E-state index is -3.00. The number of hydrogen-bond acceptors (Lipinski definition) is 3. The van der Waals surface area contributed by atoms with Crippen molar-refractivity contribution >= 4 is 50.3 Å². The summed E-state index contributed by atoms with van der Waals surface area (Å²) in [6.45, 7) is 2.13. The van der Waals surface area contributed by atoms with Crippen LogP contribution in [0.25, 0.3) is 0 Å². The molecule has 0 unspecified atom stereocenters. The molecule has 7 heteroatoms. The molecule has 18 heavy (non-hydrogen) atoms. The summed E-state index contributed by atoms with van der Waals surface area (Å²) in [5.41, 5.74) is 0.581. The molecule has 0 aliphatic carbocycles. The minimum absolute atomic E-state index is 0.0669. The van der Waals surface area contributed by atoms with E-state index in [-0.39, 0.29) is 11.5 Å². The Kier molecular flexibility index (Phi) is 6.05. The number of halogens is 3. The van der Waals surface area contributed by atoms with Gasteiger partial charge in [-0.1, -0.05) is 41.7 Å². The second-order valence-corrected chi connectivity index (χ2v) is 7.35. The monoisotopic (exact) mass is 329 g/mol. The van der Waals surface area contributed by atoms with Crippen molar-refractivity contribution < 1.29 is 8.42 Å². The van der Waals surface area contributed by atoms with Gasteiger partial charge in [0.15, 0.2) is 9.84 Å². The molecule has 0 spiro atoms. The van der Waals surface area contributed by atoms with Crippen LogP contribution >= 0.6 is 34.8 Å². The van der Waals surface area contributed by atoms with Crippen molar-refractivity contribution in [1.29, 1.82) is 0 Å². The number of nitrogens with one attached hydrogen (secondary N) is 1. The Morgan fingerprint density at radius 2 is 1.67 bits per heavy atom. The molecule has 1 aromatic rings. The van der Waals surface area contributed by atoms with Crippen molar-refractivity contribution in [3.8, 4) is 0 Å². The lowest BCUT2D eigenvalue weighted by Gasteiger charge is -2.10. The first-order valence-corrected chi connectivity index (χ1v) is 8.40. The van der Waals surface area contributed by atoms with Gasteiger partial charge in [0.05, 0.1) is 26.5 Å². The third-order valence-corrected chi connectivity index (χ3v) is 5.14. The van der Waals surface area contributed by atoms with Crippen LogP contribution in [0.2, 0.25) is 15.1 Å². The molecule has 0 aliphatic heterocycles. The van der Waals surface area contributed by atoms with Gasteiger partial charge in [-0.25, -0.2) is 8.42 Å². The van der Waals surface area contributed by atoms with E-state index in [1.165, 1.54) is 6.07 Å². The average molecular weight is 331 g/mol. The maximum Gasteiger partial charge on any atom is 0.152 e. The quantitative estimate of drug-likeness (QED) is 0.805. The lowest BCUT2D eigenvalue weighted by atomic mass is 10.3. The van der Waals surface area contributed by atoms with Crippen molar-refractivity contribution in [2.24, 2.45) is 0 Å². The van der Waals surface area contributed by atoms with Crippen LogP contribution in [0, 0.1) is 0 Å². The summed E-state index contributed by atoms with van der Waals surface area (Å²) < 4.78 is 23.0. The molecular formula is C11H14Cl3NO2S. The van der Waals surface area contributed by atoms with E-state index >= 15 is 0 Å². The molecule has 1 aromatic carbocycles. The number of benzene rings is 1. The van der Waals surface area contributed by atoms with E-state index in [2.05, 4.69) is 5.32 Å². The van der Waals surface area contributed by atoms with E-state index in [0.717, 1.165) is 0 Å². The zero-order valence-electron chi connectivity index (χ0n) is 9.84. The lowest BCUT2D eigenvalue weighted by Crippen LogP contribution is -2.18. The summed E-state index contributed by atoms with van der Waals surface area (Å²) in [4.78, 5) is 0. The van der Waals surface area contributed by atoms with Crippen LogP contribution in [0.5, 0.6) is 0 Å². The number of sulfone groups is 1. The largest absolute Gasteiger partial charge is 0.383 e. The molecule has 0 heterocycles. The molecule has 0 atom stereocenters. The Hall–Kier alpha value is -0.160. The van der Waals surface area contributed by atoms with Gasteiger partial charge in [-0.3, -0.25) is 0 Å². The Bertz CT molecular complexity index is 517. The number of hydrogen-bond donors (Lipinski definition) is 1. The minimum Gasteiger partial charge on any atom is -0.383 e. The van der Waals surface area contributed by atoms with E-state index < -0.39 is 9.84 Å². The topological polar surface area (TPSA) is 46.2 Å². The molecule has 1 N–H and O–H groups in total. The predicted octanol–water partition coefficient (Wildman–Crippen LogP) is 3.88. The molecule has 0 aromatic heterocycles. The molecular weight excluding hydrogens is 317 g/mol. The van der Waals surface area contributed by atoms with Crippen LogP contribution in [-0.4, -0.2) is 26.5 Å². The van der Waals surface area contributed by atoms with Crippen LogP contribution in [-0.2, 0) is 9.84 Å². The zero-order valence-corrected chi connectivity index (χ0v) is 12.9. The van der Waals surface area contributed by atoms with Crippen molar-refractivity contribution in [3.63, 3.8) is 0 Å². The lowest BCUT2D eigenvalue weighted by molar-refractivity contribution is 0.595. The molecule has 0 saturated heterocycles. The summed E-state index contributed by atoms with van der Waals surface area (Å²) in [6, 6.07) is 3.10. The summed E-state index contributed by atoms with van der Waals surface area (Å²) in [5.74, 6) is 0.265. The van der Waals surface area contributed by atoms with Crippen molar-refractivity contribution in [2.75, 3.05) is 23.4 Å². The SMILES string of the molecule is CCCS(=O)(=O)CCNc1cc(Cl)c(Cl)cc1Cl. The fraction of sp³-hybridized carbons (Fsp3) is 0.455. The highest BCUT2D eigenvalue weighted by Gasteiger charge is 2.10. The zero-order chi connectivity index (χ0) is 13.8. The summed E-state index contributed by atoms with van der Waals surface area (Å²) in [6.07, 6.45) is 0.621. The Labute approximate surface area is 122 Å². The number of anilines is 1. The Balaban J connectivity index is 2.62. The van der Waals surface area contributed by atoms with Crippen LogP contribution < -0.4 is 5.32 Å². The first-order chi connectivity index (χ1) is 8.35. The Morgan fingerprint density at radius 3 is 2.28 bits per heavy atom. The maximum atomic E-state index is 11.5. The van der Waals surface area contributed by atoms with Crippen LogP contribution in [0.3, 0.4) is 0 Å². The molecule has 0 amide bonds.